The first-order valence-corrected chi connectivity index (χ1v) is 5.54. The number of aromatic nitrogens is 1. The Morgan fingerprint density at radius 3 is 2.94 bits per heavy atom. The highest BCUT2D eigenvalue weighted by Crippen LogP contribution is 2.23. The molecule has 0 radical (unpaired) electrons. The number of rotatable bonds is 3. The Kier molecular flexibility index (Phi) is 2.81. The van der Waals surface area contributed by atoms with Gasteiger partial charge in [-0.15, -0.1) is 0 Å². The fourth-order valence-electron chi connectivity index (χ4n) is 1.97. The van der Waals surface area contributed by atoms with E-state index in [-0.39, 0.29) is 0 Å². The van der Waals surface area contributed by atoms with Crippen molar-refractivity contribution < 1.29 is 9.90 Å². The van der Waals surface area contributed by atoms with Gasteiger partial charge < -0.3 is 10.0 Å². The fourth-order valence-corrected chi connectivity index (χ4v) is 1.97. The molecule has 1 atom stereocenters. The average molecular weight is 220 g/mol. The summed E-state index contributed by atoms with van der Waals surface area (Å²) < 4.78 is 0. The van der Waals surface area contributed by atoms with Crippen LogP contribution in [0.5, 0.6) is 0 Å². The highest BCUT2D eigenvalue weighted by Gasteiger charge is 2.20. The van der Waals surface area contributed by atoms with E-state index in [1.54, 1.807) is 18.9 Å². The van der Waals surface area contributed by atoms with Crippen LogP contribution in [0.25, 0.3) is 0 Å². The minimum atomic E-state index is -0.829. The van der Waals surface area contributed by atoms with Crippen LogP contribution in [0.4, 0.5) is 5.82 Å². The van der Waals surface area contributed by atoms with E-state index in [4.69, 9.17) is 5.11 Å². The lowest BCUT2D eigenvalue weighted by Crippen LogP contribution is -2.36. The summed E-state index contributed by atoms with van der Waals surface area (Å²) in [5.41, 5.74) is 2.43. The van der Waals surface area contributed by atoms with Crippen LogP contribution in [0.1, 0.15) is 24.6 Å². The Morgan fingerprint density at radius 2 is 2.25 bits per heavy atom. The van der Waals surface area contributed by atoms with E-state index in [2.05, 4.69) is 11.1 Å². The van der Waals surface area contributed by atoms with Crippen molar-refractivity contribution in [1.29, 1.82) is 0 Å². The smallest absolute Gasteiger partial charge is 0.326 e. The molecule has 1 heterocycles. The van der Waals surface area contributed by atoms with Gasteiger partial charge >= 0.3 is 5.97 Å². The van der Waals surface area contributed by atoms with E-state index < -0.39 is 12.0 Å². The van der Waals surface area contributed by atoms with Gasteiger partial charge in [-0.3, -0.25) is 0 Å². The topological polar surface area (TPSA) is 53.4 Å². The number of likely N-dealkylation sites (N-methyl/N-ethyl adjacent to an activating group) is 1. The van der Waals surface area contributed by atoms with E-state index >= 15 is 0 Å². The van der Waals surface area contributed by atoms with E-state index in [9.17, 15) is 4.79 Å². The zero-order valence-electron chi connectivity index (χ0n) is 9.60. The molecule has 0 amide bonds. The lowest BCUT2D eigenvalue weighted by atomic mass is 10.2. The molecule has 0 spiro atoms. The molecule has 1 aliphatic carbocycles. The summed E-state index contributed by atoms with van der Waals surface area (Å²) in [4.78, 5) is 17.1. The number of fused-ring (bicyclic) bond motifs is 1. The second-order valence-electron chi connectivity index (χ2n) is 4.25. The summed E-state index contributed by atoms with van der Waals surface area (Å²) in [7, 11) is 1.77. The second-order valence-corrected chi connectivity index (χ2v) is 4.25. The minimum Gasteiger partial charge on any atom is -0.480 e. The third-order valence-corrected chi connectivity index (χ3v) is 3.21. The molecule has 1 aromatic heterocycles. The summed E-state index contributed by atoms with van der Waals surface area (Å²) in [6, 6.07) is 3.42. The number of nitrogens with zero attached hydrogens (tertiary/aromatic N) is 2. The quantitative estimate of drug-likeness (QED) is 0.838. The first-order valence-electron chi connectivity index (χ1n) is 5.54. The maximum absolute atomic E-state index is 10.9. The van der Waals surface area contributed by atoms with Gasteiger partial charge in [0.1, 0.15) is 11.9 Å². The first kappa shape index (κ1) is 10.9. The predicted octanol–water partition coefficient (Wildman–Crippen LogP) is 1.48. The Balaban J connectivity index is 2.24. The van der Waals surface area contributed by atoms with Crippen molar-refractivity contribution in [3.05, 3.63) is 23.4 Å². The number of carbonyl (C=O) groups is 1. The third-order valence-electron chi connectivity index (χ3n) is 3.21. The summed E-state index contributed by atoms with van der Waals surface area (Å²) in [5.74, 6) is -0.0830. The Labute approximate surface area is 94.9 Å². The number of aliphatic carboxylic acids is 1. The van der Waals surface area contributed by atoms with Crippen molar-refractivity contribution in [3.8, 4) is 0 Å². The normalized spacial score (nSPS) is 15.6. The van der Waals surface area contributed by atoms with Gasteiger partial charge in [-0.05, 0) is 37.8 Å². The van der Waals surface area contributed by atoms with Crippen LogP contribution in [0, 0.1) is 0 Å². The summed E-state index contributed by atoms with van der Waals surface area (Å²) in [5, 5.41) is 8.94. The number of pyridine rings is 1. The number of hydrogen-bond donors (Lipinski definition) is 1. The van der Waals surface area contributed by atoms with Crippen molar-refractivity contribution in [2.75, 3.05) is 11.9 Å². The van der Waals surface area contributed by atoms with Crippen LogP contribution < -0.4 is 4.90 Å². The molecule has 2 rings (SSSR count). The van der Waals surface area contributed by atoms with Crippen molar-refractivity contribution >= 4 is 11.8 Å². The summed E-state index contributed by atoms with van der Waals surface area (Å²) in [6.45, 7) is 1.66. The third kappa shape index (κ3) is 1.87. The molecule has 4 nitrogen and oxygen atoms in total. The molecule has 0 saturated carbocycles. The van der Waals surface area contributed by atoms with Gasteiger partial charge in [-0.25, -0.2) is 9.78 Å². The van der Waals surface area contributed by atoms with Crippen LogP contribution >= 0.6 is 0 Å². The van der Waals surface area contributed by atoms with E-state index in [0.717, 1.165) is 30.8 Å². The zero-order chi connectivity index (χ0) is 11.7. The van der Waals surface area contributed by atoms with Crippen molar-refractivity contribution in [1.82, 2.24) is 4.98 Å². The maximum atomic E-state index is 10.9. The number of carboxylic acids is 1. The molecule has 1 aliphatic rings. The lowest BCUT2D eigenvalue weighted by Gasteiger charge is -2.22. The van der Waals surface area contributed by atoms with Crippen molar-refractivity contribution in [3.63, 3.8) is 0 Å². The maximum Gasteiger partial charge on any atom is 0.326 e. The molecule has 16 heavy (non-hydrogen) atoms. The minimum absolute atomic E-state index is 0.549. The zero-order valence-corrected chi connectivity index (χ0v) is 9.60. The van der Waals surface area contributed by atoms with E-state index in [1.165, 1.54) is 5.56 Å². The van der Waals surface area contributed by atoms with Gasteiger partial charge in [0.15, 0.2) is 0 Å². The number of aryl methyl sites for hydroxylation is 2. The predicted molar refractivity (Wildman–Crippen MR) is 61.8 cm³/mol. The molecule has 1 unspecified atom stereocenters. The lowest BCUT2D eigenvalue weighted by molar-refractivity contribution is -0.138. The summed E-state index contributed by atoms with van der Waals surface area (Å²) >= 11 is 0. The van der Waals surface area contributed by atoms with Crippen LogP contribution in [0.15, 0.2) is 12.1 Å². The van der Waals surface area contributed by atoms with Gasteiger partial charge in [0.2, 0.25) is 0 Å². The summed E-state index contributed by atoms with van der Waals surface area (Å²) in [6.07, 6.45) is 3.27. The van der Waals surface area contributed by atoms with Crippen LogP contribution in [0.3, 0.4) is 0 Å². The highest BCUT2D eigenvalue weighted by molar-refractivity contribution is 5.77. The molecule has 0 aliphatic heterocycles. The highest BCUT2D eigenvalue weighted by atomic mass is 16.4. The standard InChI is InChI=1S/C12H16N2O2/c1-8(12(15)16)14(2)11-7-6-9-4-3-5-10(9)13-11/h6-8H,3-5H2,1-2H3,(H,15,16). The van der Waals surface area contributed by atoms with Crippen LogP contribution in [0.2, 0.25) is 0 Å². The van der Waals surface area contributed by atoms with E-state index in [0.29, 0.717) is 0 Å². The molecule has 1 aromatic rings. The monoisotopic (exact) mass is 220 g/mol. The molecule has 0 bridgehead atoms. The fraction of sp³-hybridized carbons (Fsp3) is 0.500. The van der Waals surface area contributed by atoms with Gasteiger partial charge in [-0.2, -0.15) is 0 Å². The van der Waals surface area contributed by atoms with E-state index in [1.807, 2.05) is 6.07 Å². The number of hydrogen-bond acceptors (Lipinski definition) is 3. The largest absolute Gasteiger partial charge is 0.480 e. The molecular formula is C12H16N2O2. The second kappa shape index (κ2) is 4.12. The van der Waals surface area contributed by atoms with Gasteiger partial charge in [0, 0.05) is 12.7 Å². The van der Waals surface area contributed by atoms with Crippen molar-refractivity contribution in [2.45, 2.75) is 32.2 Å². The molecular weight excluding hydrogens is 204 g/mol. The average Bonchev–Trinajstić information content (AvgIpc) is 2.73. The van der Waals surface area contributed by atoms with Gasteiger partial charge in [0.05, 0.1) is 0 Å². The Hall–Kier alpha value is -1.58. The molecule has 0 fully saturated rings. The van der Waals surface area contributed by atoms with Crippen LogP contribution in [-0.2, 0) is 17.6 Å². The first-order chi connectivity index (χ1) is 7.59. The van der Waals surface area contributed by atoms with Crippen molar-refractivity contribution in [2.24, 2.45) is 0 Å². The number of anilines is 1. The molecule has 4 heteroatoms. The molecule has 0 aromatic carbocycles. The van der Waals surface area contributed by atoms with Gasteiger partial charge in [0.25, 0.3) is 0 Å². The SMILES string of the molecule is CC(C(=O)O)N(C)c1ccc2c(n1)CCC2. The number of carboxylic acid groups (broad SMARTS) is 1. The molecule has 1 N–H and O–H groups in total. The Bertz CT molecular complexity index is 417. The van der Waals surface area contributed by atoms with Gasteiger partial charge in [-0.1, -0.05) is 6.07 Å². The molecule has 86 valence electrons. The Morgan fingerprint density at radius 1 is 1.50 bits per heavy atom. The molecule has 0 saturated heterocycles. The van der Waals surface area contributed by atoms with Crippen LogP contribution in [-0.4, -0.2) is 29.1 Å².